The van der Waals surface area contributed by atoms with Crippen LogP contribution in [-0.4, -0.2) is 37.0 Å². The third-order valence-electron chi connectivity index (χ3n) is 3.80. The Morgan fingerprint density at radius 2 is 2.26 bits per heavy atom. The van der Waals surface area contributed by atoms with Crippen LogP contribution >= 0.6 is 0 Å². The molecule has 105 valence electrons. The molecule has 1 heterocycles. The van der Waals surface area contributed by atoms with Crippen molar-refractivity contribution in [3.63, 3.8) is 0 Å². The van der Waals surface area contributed by atoms with E-state index >= 15 is 0 Å². The van der Waals surface area contributed by atoms with Crippen molar-refractivity contribution in [1.82, 2.24) is 5.01 Å². The van der Waals surface area contributed by atoms with Gasteiger partial charge in [0.1, 0.15) is 0 Å². The molecule has 0 bridgehead atoms. The van der Waals surface area contributed by atoms with Gasteiger partial charge in [0.15, 0.2) is 0 Å². The molecule has 1 saturated heterocycles. The van der Waals surface area contributed by atoms with Gasteiger partial charge in [-0.2, -0.15) is 5.10 Å². The van der Waals surface area contributed by atoms with Gasteiger partial charge in [-0.15, -0.1) is 0 Å². The summed E-state index contributed by atoms with van der Waals surface area (Å²) in [7, 11) is 1.77. The Morgan fingerprint density at radius 3 is 2.84 bits per heavy atom. The molecule has 1 aliphatic carbocycles. The van der Waals surface area contributed by atoms with Crippen LogP contribution in [0.25, 0.3) is 0 Å². The first kappa shape index (κ1) is 14.8. The summed E-state index contributed by atoms with van der Waals surface area (Å²) >= 11 is 0. The van der Waals surface area contributed by atoms with Gasteiger partial charge in [0.05, 0.1) is 12.6 Å². The van der Waals surface area contributed by atoms with E-state index in [1.54, 1.807) is 7.11 Å². The predicted octanol–water partition coefficient (Wildman–Crippen LogP) is 2.90. The van der Waals surface area contributed by atoms with E-state index in [1.165, 1.54) is 30.4 Å². The van der Waals surface area contributed by atoms with Gasteiger partial charge in [-0.25, -0.2) is 0 Å². The fourth-order valence-electron chi connectivity index (χ4n) is 2.73. The second-order valence-corrected chi connectivity index (χ2v) is 5.68. The summed E-state index contributed by atoms with van der Waals surface area (Å²) in [6, 6.07) is 0.439. The molecule has 2 fully saturated rings. The molecular weight excluding hydrogens is 236 g/mol. The van der Waals surface area contributed by atoms with E-state index in [1.807, 2.05) is 0 Å². The van der Waals surface area contributed by atoms with Crippen LogP contribution in [0.4, 0.5) is 0 Å². The summed E-state index contributed by atoms with van der Waals surface area (Å²) in [4.78, 5) is 0. The molecule has 0 aromatic heterocycles. The van der Waals surface area contributed by atoms with Crippen LogP contribution < -0.4 is 0 Å². The van der Waals surface area contributed by atoms with E-state index in [2.05, 4.69) is 45.0 Å². The van der Waals surface area contributed by atoms with Crippen molar-refractivity contribution in [2.75, 3.05) is 20.3 Å². The zero-order valence-corrected chi connectivity index (χ0v) is 12.5. The smallest absolute Gasteiger partial charge is 0.0704 e. The summed E-state index contributed by atoms with van der Waals surface area (Å²) < 4.78 is 5.30. The highest BCUT2D eigenvalue weighted by molar-refractivity contribution is 6.04. The topological polar surface area (TPSA) is 24.8 Å². The summed E-state index contributed by atoms with van der Waals surface area (Å²) in [5.41, 5.74) is 1.20. The van der Waals surface area contributed by atoms with Gasteiger partial charge in [0.25, 0.3) is 0 Å². The maximum Gasteiger partial charge on any atom is 0.0704 e. The lowest BCUT2D eigenvalue weighted by molar-refractivity contribution is 0.117. The van der Waals surface area contributed by atoms with Crippen molar-refractivity contribution in [2.45, 2.75) is 39.7 Å². The van der Waals surface area contributed by atoms with Crippen LogP contribution in [0.5, 0.6) is 0 Å². The number of rotatable bonds is 5. The molecule has 0 aromatic rings. The summed E-state index contributed by atoms with van der Waals surface area (Å²) in [6.45, 7) is 8.40. The zero-order valence-electron chi connectivity index (χ0n) is 12.5. The van der Waals surface area contributed by atoms with E-state index in [0.29, 0.717) is 12.0 Å². The van der Waals surface area contributed by atoms with E-state index in [-0.39, 0.29) is 0 Å². The minimum Gasteiger partial charge on any atom is -0.382 e. The van der Waals surface area contributed by atoms with Crippen molar-refractivity contribution in [3.05, 3.63) is 31.1 Å². The SMILES string of the molecule is COC[C@@H]1CCCN1/N=C(\[C]1[CH][CH][CH][C]1C)C(C)C. The van der Waals surface area contributed by atoms with Crippen LogP contribution in [0.1, 0.15) is 33.6 Å². The average molecular weight is 261 g/mol. The summed E-state index contributed by atoms with van der Waals surface area (Å²) in [6.07, 6.45) is 8.84. The lowest BCUT2D eigenvalue weighted by Gasteiger charge is -2.26. The van der Waals surface area contributed by atoms with E-state index in [0.717, 1.165) is 13.2 Å². The Kier molecular flexibility index (Phi) is 5.26. The van der Waals surface area contributed by atoms with Gasteiger partial charge in [0.2, 0.25) is 0 Å². The lowest BCUT2D eigenvalue weighted by atomic mass is 9.87. The Hall–Kier alpha value is -0.570. The maximum absolute atomic E-state index is 5.30. The van der Waals surface area contributed by atoms with Crippen molar-refractivity contribution < 1.29 is 4.74 Å². The molecule has 0 N–H and O–H groups in total. The fraction of sp³-hybridized carbons (Fsp3) is 0.625. The van der Waals surface area contributed by atoms with Crippen LogP contribution in [0.2, 0.25) is 0 Å². The number of hydrazone groups is 1. The minimum absolute atomic E-state index is 0.435. The van der Waals surface area contributed by atoms with Gasteiger partial charge in [-0.05, 0) is 43.9 Å². The molecule has 1 aliphatic heterocycles. The third kappa shape index (κ3) is 3.50. The second-order valence-electron chi connectivity index (χ2n) is 5.68. The van der Waals surface area contributed by atoms with Crippen LogP contribution in [-0.2, 0) is 4.74 Å². The minimum atomic E-state index is 0.435. The van der Waals surface area contributed by atoms with Gasteiger partial charge in [0, 0.05) is 25.3 Å². The number of hydrogen-bond acceptors (Lipinski definition) is 3. The molecule has 3 nitrogen and oxygen atoms in total. The quantitative estimate of drug-likeness (QED) is 0.711. The molecule has 0 spiro atoms. The normalized spacial score (nSPS) is 26.9. The maximum atomic E-state index is 5.30. The van der Waals surface area contributed by atoms with Crippen molar-refractivity contribution >= 4 is 5.71 Å². The Balaban J connectivity index is 2.11. The number of nitrogens with zero attached hydrogens (tertiary/aromatic N) is 2. The second kappa shape index (κ2) is 6.74. The van der Waals surface area contributed by atoms with Crippen LogP contribution in [0.3, 0.4) is 0 Å². The largest absolute Gasteiger partial charge is 0.382 e. The first-order valence-electron chi connectivity index (χ1n) is 7.20. The first-order chi connectivity index (χ1) is 9.13. The third-order valence-corrected chi connectivity index (χ3v) is 3.80. The molecule has 2 rings (SSSR count). The summed E-state index contributed by atoms with van der Waals surface area (Å²) in [5, 5.41) is 7.18. The fourth-order valence-corrected chi connectivity index (χ4v) is 2.73. The average Bonchev–Trinajstić information content (AvgIpc) is 2.96. The lowest BCUT2D eigenvalue weighted by Crippen LogP contribution is -2.32. The molecule has 1 atom stereocenters. The first-order valence-corrected chi connectivity index (χ1v) is 7.20. The summed E-state index contributed by atoms with van der Waals surface area (Å²) in [5.74, 6) is 3.04. The Bertz CT molecular complexity index is 314. The molecule has 1 saturated carbocycles. The van der Waals surface area contributed by atoms with E-state index < -0.39 is 0 Å². The highest BCUT2D eigenvalue weighted by Crippen LogP contribution is 2.36. The van der Waals surface area contributed by atoms with E-state index in [9.17, 15) is 0 Å². The Labute approximate surface area is 118 Å². The van der Waals surface area contributed by atoms with Crippen LogP contribution in [0.15, 0.2) is 5.10 Å². The molecule has 0 aromatic carbocycles. The zero-order chi connectivity index (χ0) is 13.8. The van der Waals surface area contributed by atoms with Gasteiger partial charge >= 0.3 is 0 Å². The highest BCUT2D eigenvalue weighted by Gasteiger charge is 2.33. The van der Waals surface area contributed by atoms with Crippen molar-refractivity contribution in [2.24, 2.45) is 11.0 Å². The molecule has 3 heteroatoms. The predicted molar refractivity (Wildman–Crippen MR) is 78.9 cm³/mol. The van der Waals surface area contributed by atoms with Crippen molar-refractivity contribution in [3.8, 4) is 0 Å². The molecule has 2 aliphatic rings. The standard InChI is InChI=1S/C16H25N2O/c1-12(2)16(15-9-5-7-13(15)3)17-18-10-6-8-14(18)11-19-4/h5,7,9,12,14H,6,8,10-11H2,1-4H3/b17-16-/t14-/m0/s1. The molecular formula is C16H25N2O. The van der Waals surface area contributed by atoms with Gasteiger partial charge < -0.3 is 4.74 Å². The van der Waals surface area contributed by atoms with Crippen LogP contribution in [0, 0.1) is 37.0 Å². The van der Waals surface area contributed by atoms with Gasteiger partial charge in [-0.3, -0.25) is 5.01 Å². The van der Waals surface area contributed by atoms with E-state index in [4.69, 9.17) is 9.84 Å². The van der Waals surface area contributed by atoms with Crippen molar-refractivity contribution in [1.29, 1.82) is 0 Å². The Morgan fingerprint density at radius 1 is 1.47 bits per heavy atom. The number of methoxy groups -OCH3 is 1. The molecule has 5 radical (unpaired) electrons. The van der Waals surface area contributed by atoms with Gasteiger partial charge in [-0.1, -0.05) is 20.8 Å². The molecule has 19 heavy (non-hydrogen) atoms. The number of hydrogen-bond donors (Lipinski definition) is 0. The molecule has 0 amide bonds. The number of ether oxygens (including phenoxy) is 1. The monoisotopic (exact) mass is 261 g/mol. The molecule has 0 unspecified atom stereocenters. The highest BCUT2D eigenvalue weighted by atomic mass is 16.5.